The van der Waals surface area contributed by atoms with E-state index < -0.39 is 0 Å². The minimum atomic E-state index is 0.797. The molecule has 0 radical (unpaired) electrons. The summed E-state index contributed by atoms with van der Waals surface area (Å²) >= 11 is 0. The van der Waals surface area contributed by atoms with E-state index in [1.807, 2.05) is 12.1 Å². The Kier molecular flexibility index (Phi) is 2.13. The van der Waals surface area contributed by atoms with Crippen molar-refractivity contribution in [3.05, 3.63) is 24.0 Å². The number of hydrogen-bond acceptors (Lipinski definition) is 2. The molecule has 0 atom stereocenters. The number of imidazole rings is 1. The smallest absolute Gasteiger partial charge is 0.109 e. The fraction of sp³-hybridized carbons (Fsp3) is 0.462. The van der Waals surface area contributed by atoms with E-state index in [4.69, 9.17) is 5.73 Å². The Bertz CT molecular complexity index is 523. The van der Waals surface area contributed by atoms with Crippen molar-refractivity contribution in [1.29, 1.82) is 0 Å². The van der Waals surface area contributed by atoms with Gasteiger partial charge in [0.2, 0.25) is 0 Å². The summed E-state index contributed by atoms with van der Waals surface area (Å²) in [6.45, 7) is 3.29. The lowest BCUT2D eigenvalue weighted by molar-refractivity contribution is 0.614. The molecular formula is C13H17N3. The summed E-state index contributed by atoms with van der Waals surface area (Å²) in [5.74, 6) is 2.06. The molecule has 2 N–H and O–H groups in total. The monoisotopic (exact) mass is 215 g/mol. The fourth-order valence-corrected chi connectivity index (χ4v) is 2.23. The summed E-state index contributed by atoms with van der Waals surface area (Å²) in [5.41, 5.74) is 8.86. The Morgan fingerprint density at radius 3 is 2.94 bits per heavy atom. The Hall–Kier alpha value is -1.51. The van der Waals surface area contributed by atoms with Crippen molar-refractivity contribution in [1.82, 2.24) is 9.55 Å². The first kappa shape index (κ1) is 9.70. The maximum atomic E-state index is 5.79. The third-order valence-corrected chi connectivity index (χ3v) is 3.31. The van der Waals surface area contributed by atoms with Gasteiger partial charge in [-0.25, -0.2) is 4.98 Å². The molecule has 3 heteroatoms. The lowest BCUT2D eigenvalue weighted by Gasteiger charge is -2.06. The number of fused-ring (bicyclic) bond motifs is 1. The molecule has 0 spiro atoms. The average Bonchev–Trinajstić information content (AvgIpc) is 3.01. The lowest BCUT2D eigenvalue weighted by atomic mass is 10.2. The second-order valence-corrected chi connectivity index (χ2v) is 4.68. The van der Waals surface area contributed by atoms with Crippen LogP contribution in [0.4, 0.5) is 5.69 Å². The first-order valence-corrected chi connectivity index (χ1v) is 6.02. The number of hydrogen-bond donors (Lipinski definition) is 1. The maximum Gasteiger partial charge on any atom is 0.109 e. The predicted molar refractivity (Wildman–Crippen MR) is 66.2 cm³/mol. The van der Waals surface area contributed by atoms with Gasteiger partial charge in [-0.3, -0.25) is 0 Å². The standard InChI is InChI=1S/C13H17N3/c1-2-13-15-11-7-10(14)5-6-12(11)16(13)8-9-3-4-9/h5-7,9H,2-4,8,14H2,1H3. The molecule has 16 heavy (non-hydrogen) atoms. The molecule has 3 rings (SSSR count). The first-order valence-electron chi connectivity index (χ1n) is 6.02. The van der Waals surface area contributed by atoms with Gasteiger partial charge in [-0.2, -0.15) is 0 Å². The highest BCUT2D eigenvalue weighted by molar-refractivity contribution is 5.79. The molecular weight excluding hydrogens is 198 g/mol. The third kappa shape index (κ3) is 1.56. The van der Waals surface area contributed by atoms with Crippen LogP contribution in [0, 0.1) is 5.92 Å². The SMILES string of the molecule is CCc1nc2cc(N)ccc2n1CC1CC1. The van der Waals surface area contributed by atoms with E-state index in [2.05, 4.69) is 22.5 Å². The van der Waals surface area contributed by atoms with Crippen LogP contribution in [0.25, 0.3) is 11.0 Å². The van der Waals surface area contributed by atoms with Crippen LogP contribution in [-0.2, 0) is 13.0 Å². The zero-order chi connectivity index (χ0) is 11.1. The quantitative estimate of drug-likeness (QED) is 0.800. The molecule has 1 aromatic heterocycles. The van der Waals surface area contributed by atoms with Gasteiger partial charge >= 0.3 is 0 Å². The van der Waals surface area contributed by atoms with Crippen LogP contribution in [-0.4, -0.2) is 9.55 Å². The Morgan fingerprint density at radius 2 is 2.25 bits per heavy atom. The minimum absolute atomic E-state index is 0.797. The van der Waals surface area contributed by atoms with Crippen LogP contribution in [0.15, 0.2) is 18.2 Å². The zero-order valence-electron chi connectivity index (χ0n) is 9.61. The van der Waals surface area contributed by atoms with Crippen molar-refractivity contribution in [2.75, 3.05) is 5.73 Å². The van der Waals surface area contributed by atoms with Crippen molar-refractivity contribution < 1.29 is 0 Å². The molecule has 1 heterocycles. The first-order chi connectivity index (χ1) is 7.78. The maximum absolute atomic E-state index is 5.79. The van der Waals surface area contributed by atoms with Crippen LogP contribution in [0.2, 0.25) is 0 Å². The van der Waals surface area contributed by atoms with Crippen molar-refractivity contribution in [3.8, 4) is 0 Å². The molecule has 0 saturated heterocycles. The van der Waals surface area contributed by atoms with Crippen molar-refractivity contribution >= 4 is 16.7 Å². The predicted octanol–water partition coefficient (Wildman–Crippen LogP) is 2.59. The van der Waals surface area contributed by atoms with Gasteiger partial charge in [-0.15, -0.1) is 0 Å². The van der Waals surface area contributed by atoms with Crippen molar-refractivity contribution in [2.45, 2.75) is 32.7 Å². The molecule has 84 valence electrons. The van der Waals surface area contributed by atoms with Gasteiger partial charge in [0, 0.05) is 18.7 Å². The summed E-state index contributed by atoms with van der Waals surface area (Å²) in [5, 5.41) is 0. The highest BCUT2D eigenvalue weighted by Crippen LogP contribution is 2.32. The van der Waals surface area contributed by atoms with Crippen molar-refractivity contribution in [3.63, 3.8) is 0 Å². The second kappa shape index (κ2) is 3.51. The van der Waals surface area contributed by atoms with Gasteiger partial charge in [0.15, 0.2) is 0 Å². The van der Waals surface area contributed by atoms with Crippen LogP contribution in [0.3, 0.4) is 0 Å². The number of nitrogen functional groups attached to an aromatic ring is 1. The molecule has 1 aliphatic rings. The number of aryl methyl sites for hydroxylation is 1. The highest BCUT2D eigenvalue weighted by atomic mass is 15.1. The summed E-state index contributed by atoms with van der Waals surface area (Å²) in [6.07, 6.45) is 3.73. The molecule has 1 aromatic carbocycles. The van der Waals surface area contributed by atoms with Gasteiger partial charge in [0.05, 0.1) is 11.0 Å². The molecule has 2 aromatic rings. The number of rotatable bonds is 3. The van der Waals surface area contributed by atoms with E-state index in [9.17, 15) is 0 Å². The van der Waals surface area contributed by atoms with Gasteiger partial charge in [-0.1, -0.05) is 6.92 Å². The molecule has 0 amide bonds. The van der Waals surface area contributed by atoms with Gasteiger partial charge in [-0.05, 0) is 37.0 Å². The zero-order valence-corrected chi connectivity index (χ0v) is 9.61. The number of nitrogens with two attached hydrogens (primary N) is 1. The number of nitrogens with zero attached hydrogens (tertiary/aromatic N) is 2. The normalized spacial score (nSPS) is 15.8. The van der Waals surface area contributed by atoms with E-state index >= 15 is 0 Å². The fourth-order valence-electron chi connectivity index (χ4n) is 2.23. The number of aromatic nitrogens is 2. The minimum Gasteiger partial charge on any atom is -0.399 e. The molecule has 1 aliphatic carbocycles. The topological polar surface area (TPSA) is 43.8 Å². The summed E-state index contributed by atoms with van der Waals surface area (Å²) in [7, 11) is 0. The second-order valence-electron chi connectivity index (χ2n) is 4.68. The third-order valence-electron chi connectivity index (χ3n) is 3.31. The summed E-state index contributed by atoms with van der Waals surface area (Å²) in [4.78, 5) is 4.66. The highest BCUT2D eigenvalue weighted by Gasteiger charge is 2.23. The van der Waals surface area contributed by atoms with Crippen molar-refractivity contribution in [2.24, 2.45) is 5.92 Å². The van der Waals surface area contributed by atoms with Crippen LogP contribution in [0.5, 0.6) is 0 Å². The average molecular weight is 215 g/mol. The van der Waals surface area contributed by atoms with E-state index in [0.717, 1.165) is 30.1 Å². The number of anilines is 1. The Labute approximate surface area is 95.3 Å². The van der Waals surface area contributed by atoms with Gasteiger partial charge in [0.1, 0.15) is 5.82 Å². The van der Waals surface area contributed by atoms with E-state index in [-0.39, 0.29) is 0 Å². The van der Waals surface area contributed by atoms with Crippen LogP contribution < -0.4 is 5.73 Å². The molecule has 0 bridgehead atoms. The van der Waals surface area contributed by atoms with Crippen LogP contribution in [0.1, 0.15) is 25.6 Å². The largest absolute Gasteiger partial charge is 0.399 e. The van der Waals surface area contributed by atoms with E-state index in [0.29, 0.717) is 0 Å². The van der Waals surface area contributed by atoms with Gasteiger partial charge in [0.25, 0.3) is 0 Å². The molecule has 1 saturated carbocycles. The lowest BCUT2D eigenvalue weighted by Crippen LogP contribution is -2.04. The molecule has 0 aliphatic heterocycles. The summed E-state index contributed by atoms with van der Waals surface area (Å²) < 4.78 is 2.37. The van der Waals surface area contributed by atoms with E-state index in [1.165, 1.54) is 24.2 Å². The number of benzene rings is 1. The Balaban J connectivity index is 2.13. The van der Waals surface area contributed by atoms with Crippen LogP contribution >= 0.6 is 0 Å². The molecule has 1 fully saturated rings. The Morgan fingerprint density at radius 1 is 1.44 bits per heavy atom. The molecule has 3 nitrogen and oxygen atoms in total. The summed E-state index contributed by atoms with van der Waals surface area (Å²) in [6, 6.07) is 6.03. The van der Waals surface area contributed by atoms with Gasteiger partial charge < -0.3 is 10.3 Å². The molecule has 0 unspecified atom stereocenters. The van der Waals surface area contributed by atoms with E-state index in [1.54, 1.807) is 0 Å².